The molecule has 1 saturated carbocycles. The summed E-state index contributed by atoms with van der Waals surface area (Å²) in [4.78, 5) is 34.8. The van der Waals surface area contributed by atoms with Crippen molar-refractivity contribution in [3.8, 4) is 0 Å². The van der Waals surface area contributed by atoms with Crippen LogP contribution in [-0.2, 0) is 16.6 Å². The molecule has 1 aliphatic carbocycles. The minimum absolute atomic E-state index is 0.0367. The molecule has 44 heavy (non-hydrogen) atoms. The third-order valence-electron chi connectivity index (χ3n) is 9.61. The maximum atomic E-state index is 15.3. The predicted octanol–water partition coefficient (Wildman–Crippen LogP) is 5.63. The molecule has 2 saturated heterocycles. The smallest absolute Gasteiger partial charge is 0.257 e. The molecule has 2 N–H and O–H groups in total. The molecule has 0 radical (unpaired) electrons. The van der Waals surface area contributed by atoms with Crippen molar-refractivity contribution in [2.24, 2.45) is 18.9 Å². The number of hydrogen-bond acceptors (Lipinski definition) is 6. The standard InChI is InChI=1S/C34H37FN6O3/c1-20-6-5-9-27(35)31(20)34(43)41-30-19-44-18-22(30)14-26(33(42)39-25-15-29-28(36-16-25)17-37-40(29)2)32(41)21-10-12-24(13-11-21)38-23-7-3-4-8-23/h5-6,9-13,15-17,22-23,26,30,32,38H,3-4,7-8,14,18-19H2,1-2H3,(H,39,42)/t22?,26-,30?,32-/m0/s1. The van der Waals surface area contributed by atoms with Gasteiger partial charge in [-0.05, 0) is 61.6 Å². The van der Waals surface area contributed by atoms with Crippen LogP contribution >= 0.6 is 0 Å². The number of carbonyl (C=O) groups excluding carboxylic acids is 2. The van der Waals surface area contributed by atoms with E-state index in [4.69, 9.17) is 4.74 Å². The van der Waals surface area contributed by atoms with Gasteiger partial charge in [0.1, 0.15) is 11.3 Å². The lowest BCUT2D eigenvalue weighted by Gasteiger charge is -2.47. The Labute approximate surface area is 255 Å². The summed E-state index contributed by atoms with van der Waals surface area (Å²) >= 11 is 0. The summed E-state index contributed by atoms with van der Waals surface area (Å²) in [7, 11) is 1.83. The number of piperidine rings is 1. The Bertz CT molecular complexity index is 1680. The predicted molar refractivity (Wildman–Crippen MR) is 166 cm³/mol. The second kappa shape index (κ2) is 11.6. The summed E-state index contributed by atoms with van der Waals surface area (Å²) in [6.45, 7) is 2.53. The molecule has 3 fully saturated rings. The number of nitrogens with one attached hydrogen (secondary N) is 2. The summed E-state index contributed by atoms with van der Waals surface area (Å²) in [6.07, 6.45) is 8.60. The minimum atomic E-state index is -0.626. The van der Waals surface area contributed by atoms with Gasteiger partial charge < -0.3 is 20.3 Å². The Morgan fingerprint density at radius 3 is 2.59 bits per heavy atom. The van der Waals surface area contributed by atoms with E-state index in [9.17, 15) is 9.59 Å². The number of benzene rings is 2. The van der Waals surface area contributed by atoms with E-state index in [0.29, 0.717) is 36.9 Å². The van der Waals surface area contributed by atoms with Gasteiger partial charge in [0.05, 0.1) is 60.4 Å². The molecule has 3 aliphatic rings. The fraction of sp³-hybridized carbons (Fsp3) is 0.412. The molecule has 0 bridgehead atoms. The topological polar surface area (TPSA) is 101 Å². The van der Waals surface area contributed by atoms with Crippen molar-refractivity contribution >= 4 is 34.2 Å². The van der Waals surface area contributed by atoms with Gasteiger partial charge >= 0.3 is 0 Å². The highest BCUT2D eigenvalue weighted by Crippen LogP contribution is 2.46. The van der Waals surface area contributed by atoms with Crippen molar-refractivity contribution in [1.29, 1.82) is 0 Å². The molecule has 2 aromatic carbocycles. The van der Waals surface area contributed by atoms with E-state index in [-0.39, 0.29) is 23.4 Å². The largest absolute Gasteiger partial charge is 0.382 e. The van der Waals surface area contributed by atoms with Gasteiger partial charge in [-0.3, -0.25) is 19.3 Å². The number of halogens is 1. The number of hydrogen-bond donors (Lipinski definition) is 2. The number of carbonyl (C=O) groups is 2. The van der Waals surface area contributed by atoms with Gasteiger partial charge in [-0.25, -0.2) is 4.39 Å². The molecule has 2 amide bonds. The molecular formula is C34H37FN6O3. The zero-order chi connectivity index (χ0) is 30.4. The maximum absolute atomic E-state index is 15.3. The molecule has 228 valence electrons. The van der Waals surface area contributed by atoms with Crippen LogP contribution in [0, 0.1) is 24.6 Å². The number of rotatable bonds is 6. The number of pyridine rings is 1. The number of fused-ring (bicyclic) bond motifs is 2. The molecule has 2 aliphatic heterocycles. The Kier molecular flexibility index (Phi) is 7.53. The molecule has 2 unspecified atom stereocenters. The number of likely N-dealkylation sites (tertiary alicyclic amines) is 1. The van der Waals surface area contributed by atoms with E-state index in [2.05, 4.69) is 20.7 Å². The minimum Gasteiger partial charge on any atom is -0.382 e. The number of aromatic nitrogens is 3. The highest BCUT2D eigenvalue weighted by Gasteiger charge is 2.51. The maximum Gasteiger partial charge on any atom is 0.257 e. The summed E-state index contributed by atoms with van der Waals surface area (Å²) in [5, 5.41) is 11.0. The van der Waals surface area contributed by atoms with Crippen LogP contribution < -0.4 is 10.6 Å². The van der Waals surface area contributed by atoms with E-state index in [1.54, 1.807) is 41.0 Å². The Morgan fingerprint density at radius 1 is 1.02 bits per heavy atom. The lowest BCUT2D eigenvalue weighted by Crippen LogP contribution is -2.55. The lowest BCUT2D eigenvalue weighted by molar-refractivity contribution is -0.124. The first-order chi connectivity index (χ1) is 21.4. The van der Waals surface area contributed by atoms with Gasteiger partial charge in [0, 0.05) is 24.7 Å². The van der Waals surface area contributed by atoms with Gasteiger partial charge in [-0.15, -0.1) is 0 Å². The third-order valence-corrected chi connectivity index (χ3v) is 9.61. The SMILES string of the molecule is Cc1cccc(F)c1C(=O)N1C2COCC2C[C@H](C(=O)Nc2cnc3cnn(C)c3c2)[C@@H]1c1ccc(NC2CCCC2)cc1. The van der Waals surface area contributed by atoms with Crippen molar-refractivity contribution in [2.75, 3.05) is 23.8 Å². The van der Waals surface area contributed by atoms with Crippen LogP contribution in [0.3, 0.4) is 0 Å². The second-order valence-corrected chi connectivity index (χ2v) is 12.4. The first-order valence-corrected chi connectivity index (χ1v) is 15.5. The normalized spacial score (nSPS) is 23.6. The fourth-order valence-corrected chi connectivity index (χ4v) is 7.34. The molecule has 10 heteroatoms. The van der Waals surface area contributed by atoms with Crippen molar-refractivity contribution in [1.82, 2.24) is 19.7 Å². The zero-order valence-electron chi connectivity index (χ0n) is 25.0. The van der Waals surface area contributed by atoms with Crippen LogP contribution in [-0.4, -0.2) is 56.8 Å². The van der Waals surface area contributed by atoms with E-state index in [1.165, 1.54) is 18.9 Å². The van der Waals surface area contributed by atoms with Crippen LogP contribution in [0.25, 0.3) is 11.0 Å². The van der Waals surface area contributed by atoms with Crippen molar-refractivity contribution in [2.45, 2.75) is 57.2 Å². The Morgan fingerprint density at radius 2 is 1.82 bits per heavy atom. The zero-order valence-corrected chi connectivity index (χ0v) is 25.0. The fourth-order valence-electron chi connectivity index (χ4n) is 7.34. The van der Waals surface area contributed by atoms with Crippen molar-refractivity contribution in [3.05, 3.63) is 83.4 Å². The highest BCUT2D eigenvalue weighted by molar-refractivity contribution is 5.99. The summed E-state index contributed by atoms with van der Waals surface area (Å²) in [5.74, 6) is -1.87. The van der Waals surface area contributed by atoms with Crippen LogP contribution in [0.15, 0.2) is 60.9 Å². The van der Waals surface area contributed by atoms with Crippen LogP contribution in [0.1, 0.15) is 59.6 Å². The molecule has 2 aromatic heterocycles. The molecular weight excluding hydrogens is 559 g/mol. The first-order valence-electron chi connectivity index (χ1n) is 15.5. The lowest BCUT2D eigenvalue weighted by atomic mass is 9.76. The van der Waals surface area contributed by atoms with Gasteiger partial charge in [-0.2, -0.15) is 5.10 Å². The number of aryl methyl sites for hydroxylation is 2. The van der Waals surface area contributed by atoms with E-state index in [0.717, 1.165) is 35.1 Å². The number of ether oxygens (including phenoxy) is 1. The van der Waals surface area contributed by atoms with Gasteiger partial charge in [-0.1, -0.05) is 37.1 Å². The van der Waals surface area contributed by atoms with E-state index in [1.807, 2.05) is 37.4 Å². The second-order valence-electron chi connectivity index (χ2n) is 12.4. The molecule has 4 heterocycles. The molecule has 9 nitrogen and oxygen atoms in total. The quantitative estimate of drug-likeness (QED) is 0.299. The van der Waals surface area contributed by atoms with Crippen LogP contribution in [0.5, 0.6) is 0 Å². The molecule has 0 spiro atoms. The van der Waals surface area contributed by atoms with Gasteiger partial charge in [0.15, 0.2) is 0 Å². The highest BCUT2D eigenvalue weighted by atomic mass is 19.1. The van der Waals surface area contributed by atoms with Crippen LogP contribution in [0.2, 0.25) is 0 Å². The number of nitrogens with zero attached hydrogens (tertiary/aromatic N) is 4. The van der Waals surface area contributed by atoms with Crippen molar-refractivity contribution in [3.63, 3.8) is 0 Å². The average Bonchev–Trinajstić information content (AvgIpc) is 3.79. The van der Waals surface area contributed by atoms with Gasteiger partial charge in [0.2, 0.25) is 5.91 Å². The third kappa shape index (κ3) is 5.21. The molecule has 4 atom stereocenters. The van der Waals surface area contributed by atoms with Crippen molar-refractivity contribution < 1.29 is 18.7 Å². The summed E-state index contributed by atoms with van der Waals surface area (Å²) < 4.78 is 22.9. The summed E-state index contributed by atoms with van der Waals surface area (Å²) in [6, 6.07) is 14.1. The molecule has 4 aromatic rings. The summed E-state index contributed by atoms with van der Waals surface area (Å²) in [5.41, 5.74) is 4.51. The Balaban J connectivity index is 1.27. The number of anilines is 2. The van der Waals surface area contributed by atoms with E-state index < -0.39 is 23.7 Å². The monoisotopic (exact) mass is 596 g/mol. The molecule has 7 rings (SSSR count). The van der Waals surface area contributed by atoms with E-state index >= 15 is 4.39 Å². The van der Waals surface area contributed by atoms with Crippen LogP contribution in [0.4, 0.5) is 15.8 Å². The van der Waals surface area contributed by atoms with Gasteiger partial charge in [0.25, 0.3) is 5.91 Å². The first kappa shape index (κ1) is 28.5. The average molecular weight is 597 g/mol. The number of amides is 2. The Hall–Kier alpha value is -4.31.